The van der Waals surface area contributed by atoms with Crippen LogP contribution in [0.2, 0.25) is 0 Å². The largest absolute Gasteiger partial charge is 0.496 e. The molecule has 1 aliphatic heterocycles. The van der Waals surface area contributed by atoms with E-state index in [4.69, 9.17) is 9.47 Å². The maximum absolute atomic E-state index is 12.3. The van der Waals surface area contributed by atoms with Crippen molar-refractivity contribution in [1.82, 2.24) is 10.2 Å². The summed E-state index contributed by atoms with van der Waals surface area (Å²) >= 11 is 0. The lowest BCUT2D eigenvalue weighted by Crippen LogP contribution is -2.49. The predicted octanol–water partition coefficient (Wildman–Crippen LogP) is 1.63. The standard InChI is InChI=1S/C15H22N2O3.ClH/c1-3-20-11-15(18)17-9-8-16-10-13(17)12-6-4-5-7-14(12)19-2;/h4-7,13,16H,3,8-11H2,1-2H3;1H. The van der Waals surface area contributed by atoms with Crippen LogP contribution in [0.25, 0.3) is 0 Å². The van der Waals surface area contributed by atoms with Gasteiger partial charge in [0.1, 0.15) is 12.4 Å². The van der Waals surface area contributed by atoms with Crippen LogP contribution in [0.15, 0.2) is 24.3 Å². The monoisotopic (exact) mass is 314 g/mol. The Balaban J connectivity index is 0.00000220. The molecule has 1 aliphatic rings. The van der Waals surface area contributed by atoms with Crippen molar-refractivity contribution in [2.24, 2.45) is 0 Å². The summed E-state index contributed by atoms with van der Waals surface area (Å²) in [7, 11) is 1.65. The highest BCUT2D eigenvalue weighted by Crippen LogP contribution is 2.30. The first-order valence-corrected chi connectivity index (χ1v) is 6.98. The van der Waals surface area contributed by atoms with E-state index in [2.05, 4.69) is 5.32 Å². The molecule has 0 radical (unpaired) electrons. The van der Waals surface area contributed by atoms with Crippen molar-refractivity contribution < 1.29 is 14.3 Å². The molecule has 1 saturated heterocycles. The van der Waals surface area contributed by atoms with Crippen LogP contribution in [0.5, 0.6) is 5.75 Å². The summed E-state index contributed by atoms with van der Waals surface area (Å²) in [5.41, 5.74) is 1.03. The average molecular weight is 315 g/mol. The van der Waals surface area contributed by atoms with E-state index in [0.717, 1.165) is 24.4 Å². The normalized spacial score (nSPS) is 18.0. The van der Waals surface area contributed by atoms with E-state index in [-0.39, 0.29) is 31.0 Å². The number of nitrogens with one attached hydrogen (secondary N) is 1. The lowest BCUT2D eigenvalue weighted by molar-refractivity contribution is -0.139. The topological polar surface area (TPSA) is 50.8 Å². The van der Waals surface area contributed by atoms with E-state index >= 15 is 0 Å². The number of nitrogens with zero attached hydrogens (tertiary/aromatic N) is 1. The van der Waals surface area contributed by atoms with Crippen LogP contribution >= 0.6 is 12.4 Å². The first kappa shape index (κ1) is 17.8. The third-order valence-corrected chi connectivity index (χ3v) is 3.49. The molecule has 0 aromatic heterocycles. The highest BCUT2D eigenvalue weighted by molar-refractivity contribution is 5.85. The fraction of sp³-hybridized carbons (Fsp3) is 0.533. The number of hydrogen-bond acceptors (Lipinski definition) is 4. The van der Waals surface area contributed by atoms with Crippen LogP contribution in [0.3, 0.4) is 0 Å². The van der Waals surface area contributed by atoms with E-state index < -0.39 is 0 Å². The number of halogens is 1. The fourth-order valence-electron chi connectivity index (χ4n) is 2.49. The number of para-hydroxylation sites is 1. The van der Waals surface area contributed by atoms with Crippen molar-refractivity contribution in [2.75, 3.05) is 40.0 Å². The molecule has 1 amide bonds. The van der Waals surface area contributed by atoms with Gasteiger partial charge in [0.2, 0.25) is 5.91 Å². The lowest BCUT2D eigenvalue weighted by atomic mass is 10.0. The van der Waals surface area contributed by atoms with Gasteiger partial charge in [0.05, 0.1) is 13.2 Å². The molecule has 0 saturated carbocycles. The predicted molar refractivity (Wildman–Crippen MR) is 84.1 cm³/mol. The van der Waals surface area contributed by atoms with E-state index in [1.807, 2.05) is 36.1 Å². The Morgan fingerprint density at radius 3 is 2.90 bits per heavy atom. The first-order chi connectivity index (χ1) is 9.77. The highest BCUT2D eigenvalue weighted by Gasteiger charge is 2.29. The summed E-state index contributed by atoms with van der Waals surface area (Å²) in [6.07, 6.45) is 0. The third-order valence-electron chi connectivity index (χ3n) is 3.49. The van der Waals surface area contributed by atoms with E-state index in [1.54, 1.807) is 7.11 Å². The number of amides is 1. The van der Waals surface area contributed by atoms with Gasteiger partial charge in [-0.05, 0) is 13.0 Å². The molecule has 118 valence electrons. The van der Waals surface area contributed by atoms with Gasteiger partial charge in [-0.15, -0.1) is 12.4 Å². The Hall–Kier alpha value is -1.30. The maximum Gasteiger partial charge on any atom is 0.249 e. The second-order valence-electron chi connectivity index (χ2n) is 4.69. The van der Waals surface area contributed by atoms with Crippen LogP contribution in [0, 0.1) is 0 Å². The first-order valence-electron chi connectivity index (χ1n) is 6.98. The van der Waals surface area contributed by atoms with Crippen LogP contribution in [0.4, 0.5) is 0 Å². The molecule has 1 fully saturated rings. The van der Waals surface area contributed by atoms with Gasteiger partial charge in [0.15, 0.2) is 0 Å². The lowest BCUT2D eigenvalue weighted by Gasteiger charge is -2.37. The van der Waals surface area contributed by atoms with Gasteiger partial charge in [0.25, 0.3) is 0 Å². The van der Waals surface area contributed by atoms with Gasteiger partial charge in [-0.2, -0.15) is 0 Å². The summed E-state index contributed by atoms with van der Waals surface area (Å²) < 4.78 is 10.7. The molecule has 1 aromatic carbocycles. The summed E-state index contributed by atoms with van der Waals surface area (Å²) in [4.78, 5) is 14.2. The number of methoxy groups -OCH3 is 1. The Morgan fingerprint density at radius 1 is 1.43 bits per heavy atom. The molecule has 6 heteroatoms. The number of piperazine rings is 1. The van der Waals surface area contributed by atoms with Crippen LogP contribution in [-0.2, 0) is 9.53 Å². The number of hydrogen-bond donors (Lipinski definition) is 1. The molecule has 21 heavy (non-hydrogen) atoms. The Morgan fingerprint density at radius 2 is 2.19 bits per heavy atom. The minimum atomic E-state index is -0.00661. The summed E-state index contributed by atoms with van der Waals surface area (Å²) in [5.74, 6) is 0.847. The van der Waals surface area contributed by atoms with Crippen molar-refractivity contribution in [3.63, 3.8) is 0 Å². The maximum atomic E-state index is 12.3. The second-order valence-corrected chi connectivity index (χ2v) is 4.69. The molecule has 0 bridgehead atoms. The molecule has 1 unspecified atom stereocenters. The van der Waals surface area contributed by atoms with Gasteiger partial charge in [-0.1, -0.05) is 18.2 Å². The molecule has 0 aliphatic carbocycles. The number of rotatable bonds is 5. The molecule has 1 N–H and O–H groups in total. The zero-order chi connectivity index (χ0) is 14.4. The van der Waals surface area contributed by atoms with Crippen molar-refractivity contribution in [2.45, 2.75) is 13.0 Å². The van der Waals surface area contributed by atoms with Crippen LogP contribution < -0.4 is 10.1 Å². The summed E-state index contributed by atoms with van der Waals surface area (Å²) in [6, 6.07) is 7.84. The van der Waals surface area contributed by atoms with Gasteiger partial charge in [-0.25, -0.2) is 0 Å². The minimum Gasteiger partial charge on any atom is -0.496 e. The SMILES string of the molecule is CCOCC(=O)N1CCNCC1c1ccccc1OC.Cl. The van der Waals surface area contributed by atoms with Crippen LogP contribution in [0.1, 0.15) is 18.5 Å². The zero-order valence-electron chi connectivity index (χ0n) is 12.5. The number of carbonyl (C=O) groups excluding carboxylic acids is 1. The molecule has 1 aromatic rings. The number of carbonyl (C=O) groups is 1. The number of ether oxygens (including phenoxy) is 2. The van der Waals surface area contributed by atoms with E-state index in [0.29, 0.717) is 13.2 Å². The summed E-state index contributed by atoms with van der Waals surface area (Å²) in [5, 5.41) is 3.34. The molecule has 0 spiro atoms. The van der Waals surface area contributed by atoms with Crippen molar-refractivity contribution in [3.8, 4) is 5.75 Å². The van der Waals surface area contributed by atoms with Crippen molar-refractivity contribution in [1.29, 1.82) is 0 Å². The Bertz CT molecular complexity index is 456. The quantitative estimate of drug-likeness (QED) is 0.897. The zero-order valence-corrected chi connectivity index (χ0v) is 13.3. The minimum absolute atomic E-state index is 0. The van der Waals surface area contributed by atoms with Gasteiger partial charge in [0, 0.05) is 31.8 Å². The second kappa shape index (κ2) is 8.87. The molecule has 2 rings (SSSR count). The van der Waals surface area contributed by atoms with Gasteiger partial charge < -0.3 is 19.7 Å². The van der Waals surface area contributed by atoms with Crippen molar-refractivity contribution >= 4 is 18.3 Å². The van der Waals surface area contributed by atoms with Gasteiger partial charge >= 0.3 is 0 Å². The molecule has 1 heterocycles. The van der Waals surface area contributed by atoms with Crippen molar-refractivity contribution in [3.05, 3.63) is 29.8 Å². The molecular weight excluding hydrogens is 292 g/mol. The number of benzene rings is 1. The molecule has 5 nitrogen and oxygen atoms in total. The fourth-order valence-corrected chi connectivity index (χ4v) is 2.49. The van der Waals surface area contributed by atoms with E-state index in [1.165, 1.54) is 0 Å². The Kier molecular flexibility index (Phi) is 7.50. The molecular formula is C15H23ClN2O3. The van der Waals surface area contributed by atoms with Crippen LogP contribution in [-0.4, -0.2) is 50.8 Å². The highest BCUT2D eigenvalue weighted by atomic mass is 35.5. The molecule has 1 atom stereocenters. The van der Waals surface area contributed by atoms with E-state index in [9.17, 15) is 4.79 Å². The van der Waals surface area contributed by atoms with Gasteiger partial charge in [-0.3, -0.25) is 4.79 Å². The third kappa shape index (κ3) is 4.33. The smallest absolute Gasteiger partial charge is 0.249 e. The Labute approximate surface area is 132 Å². The summed E-state index contributed by atoms with van der Waals surface area (Å²) in [6.45, 7) is 4.82. The average Bonchev–Trinajstić information content (AvgIpc) is 2.52.